The number of carboxylic acids is 1. The fraction of sp³-hybridized carbons (Fsp3) is 0.518. The number of hydrogen-bond acceptors (Lipinski definition) is 18. The normalized spacial score (nSPS) is 11.3. The van der Waals surface area contributed by atoms with Crippen molar-refractivity contribution in [2.75, 3.05) is 68.6 Å². The molecule has 23 nitrogen and oxygen atoms in total. The SMILES string of the molecule is CCCCN(C)Cc1cn(CC(=O)O)nc1-c1ccc(OC(C)C)cc1.CCCCN(C)Cc1cn(CC(=O)OC)nc1-c1ccc(OC(C)C)cc1.CCCCN(C)Cc1cn(CC(C)=O)nc1-c1ccc(OC(C)C)cc1.CCCCN(C)Cc1cnn(CC(=O)OC)c1-c1ccc(OC(C)C)cc1. The summed E-state index contributed by atoms with van der Waals surface area (Å²) < 4.78 is 39.1. The first-order chi connectivity index (χ1) is 50.6. The molecule has 0 amide bonds. The number of aliphatic carboxylic acids is 1. The van der Waals surface area contributed by atoms with Gasteiger partial charge in [-0.15, -0.1) is 0 Å². The molecule has 0 bridgehead atoms. The van der Waals surface area contributed by atoms with Crippen LogP contribution in [0.25, 0.3) is 45.0 Å². The summed E-state index contributed by atoms with van der Waals surface area (Å²) in [6, 6.07) is 31.7. The molecule has 4 aromatic heterocycles. The standard InChI is InChI=1S/2C21H31N3O3.C21H31N3O2.C20H29N3O3/c1-6-7-12-23(4)13-18-14-24(15-20(25)26-5)22-21(18)17-8-10-19(11-9-17)27-16(2)3;1-6-7-12-23(4)14-18-13-22-24(15-20(25)26-5)21(18)17-8-10-19(11-9-17)27-16(2)3;1-6-7-12-23(5)14-19-15-24(13-17(4)25)22-21(19)18-8-10-20(11-9-18)26-16(2)3;1-5-6-11-22(4)12-17-13-23(14-19(24)25)21-20(17)16-7-9-18(10-8-16)26-15(2)3/h8-11,14,16H,6-7,12-13,15H2,1-5H3;8-11,13,16H,6-7,12,14-15H2,1-5H3;8-11,15-16H,6-7,12-14H2,1-5H3;7-10,13,15H,5-6,11-12,14H2,1-4H3,(H,24,25). The monoisotopic (exact) mass is 1460 g/mol. The van der Waals surface area contributed by atoms with E-state index in [9.17, 15) is 19.2 Å². The Hall–Kier alpha value is -9.16. The quantitative estimate of drug-likeness (QED) is 0.0352. The Bertz CT molecular complexity index is 3720. The molecule has 23 heteroatoms. The number of ether oxygens (including phenoxy) is 6. The minimum Gasteiger partial charge on any atom is -0.491 e. The van der Waals surface area contributed by atoms with Gasteiger partial charge in [-0.2, -0.15) is 20.4 Å². The lowest BCUT2D eigenvalue weighted by Gasteiger charge is -2.17. The lowest BCUT2D eigenvalue weighted by molar-refractivity contribution is -0.142. The van der Waals surface area contributed by atoms with E-state index in [1.165, 1.54) is 31.7 Å². The van der Waals surface area contributed by atoms with Crippen molar-refractivity contribution in [2.24, 2.45) is 0 Å². The molecule has 4 aromatic carbocycles. The van der Waals surface area contributed by atoms with Crippen molar-refractivity contribution < 1.29 is 52.7 Å². The van der Waals surface area contributed by atoms with Crippen molar-refractivity contribution >= 4 is 23.7 Å². The predicted molar refractivity (Wildman–Crippen MR) is 421 cm³/mol. The van der Waals surface area contributed by atoms with E-state index in [1.54, 1.807) is 21.0 Å². The van der Waals surface area contributed by atoms with Crippen molar-refractivity contribution in [3.8, 4) is 68.0 Å². The molecule has 580 valence electrons. The number of methoxy groups -OCH3 is 2. The zero-order chi connectivity index (χ0) is 77.8. The van der Waals surface area contributed by atoms with E-state index in [1.807, 2.05) is 177 Å². The van der Waals surface area contributed by atoms with E-state index in [0.29, 0.717) is 6.54 Å². The summed E-state index contributed by atoms with van der Waals surface area (Å²) in [5.74, 6) is 1.92. The lowest BCUT2D eigenvalue weighted by atomic mass is 10.1. The summed E-state index contributed by atoms with van der Waals surface area (Å²) in [6.45, 7) is 34.0. The minimum atomic E-state index is -0.898. The van der Waals surface area contributed by atoms with Gasteiger partial charge in [-0.1, -0.05) is 53.4 Å². The van der Waals surface area contributed by atoms with Crippen molar-refractivity contribution in [2.45, 2.75) is 218 Å². The first kappa shape index (κ1) is 87.5. The number of ketones is 1. The highest BCUT2D eigenvalue weighted by Crippen LogP contribution is 2.31. The number of benzene rings is 4. The molecule has 0 spiro atoms. The molecule has 8 aromatic rings. The van der Waals surface area contributed by atoms with Gasteiger partial charge in [0, 0.05) is 89.3 Å². The van der Waals surface area contributed by atoms with Crippen LogP contribution in [0.4, 0.5) is 0 Å². The molecule has 0 fully saturated rings. The van der Waals surface area contributed by atoms with Crippen LogP contribution in [0, 0.1) is 0 Å². The van der Waals surface area contributed by atoms with Crippen LogP contribution >= 0.6 is 0 Å². The average molecular weight is 1460 g/mol. The molecular weight excluding hydrogens is 1340 g/mol. The summed E-state index contributed by atoms with van der Waals surface area (Å²) in [5.41, 5.74) is 12.0. The van der Waals surface area contributed by atoms with Crippen LogP contribution in [-0.2, 0) is 81.0 Å². The number of aromatic nitrogens is 8. The smallest absolute Gasteiger partial charge is 0.327 e. The molecule has 0 aliphatic carbocycles. The van der Waals surface area contributed by atoms with E-state index in [4.69, 9.17) is 33.5 Å². The number of carboxylic acid groups (broad SMARTS) is 1. The van der Waals surface area contributed by atoms with Gasteiger partial charge in [0.2, 0.25) is 0 Å². The van der Waals surface area contributed by atoms with Gasteiger partial charge in [-0.3, -0.25) is 37.9 Å². The van der Waals surface area contributed by atoms with Crippen LogP contribution in [0.5, 0.6) is 23.0 Å². The Labute approximate surface area is 631 Å². The molecule has 8 rings (SSSR count). The van der Waals surface area contributed by atoms with Crippen LogP contribution < -0.4 is 18.9 Å². The van der Waals surface area contributed by atoms with Crippen molar-refractivity contribution in [3.05, 3.63) is 144 Å². The number of hydrogen-bond donors (Lipinski definition) is 1. The van der Waals surface area contributed by atoms with Crippen molar-refractivity contribution in [1.82, 2.24) is 58.7 Å². The van der Waals surface area contributed by atoms with Gasteiger partial charge >= 0.3 is 17.9 Å². The summed E-state index contributed by atoms with van der Waals surface area (Å²) in [7, 11) is 11.2. The lowest BCUT2D eigenvalue weighted by Crippen LogP contribution is -2.19. The molecule has 0 atom stereocenters. The average Bonchev–Trinajstić information content (AvgIpc) is 1.66. The minimum absolute atomic E-state index is 0.0920. The molecule has 1 N–H and O–H groups in total. The second kappa shape index (κ2) is 46.0. The van der Waals surface area contributed by atoms with Crippen molar-refractivity contribution in [3.63, 3.8) is 0 Å². The summed E-state index contributed by atoms with van der Waals surface area (Å²) >= 11 is 0. The molecule has 0 aliphatic rings. The van der Waals surface area contributed by atoms with Crippen molar-refractivity contribution in [1.29, 1.82) is 0 Å². The summed E-state index contributed by atoms with van der Waals surface area (Å²) in [6.07, 6.45) is 17.4. The predicted octanol–water partition coefficient (Wildman–Crippen LogP) is 15.3. The number of nitrogens with zero attached hydrogens (tertiary/aromatic N) is 12. The van der Waals surface area contributed by atoms with E-state index < -0.39 is 5.97 Å². The zero-order valence-corrected chi connectivity index (χ0v) is 66.9. The largest absolute Gasteiger partial charge is 0.491 e. The molecular formula is C83H122N12O11. The third-order valence-electron chi connectivity index (χ3n) is 16.5. The highest BCUT2D eigenvalue weighted by molar-refractivity contribution is 5.76. The molecule has 0 saturated carbocycles. The van der Waals surface area contributed by atoms with Crippen LogP contribution in [0.1, 0.15) is 164 Å². The van der Waals surface area contributed by atoms with Crippen LogP contribution in [0.3, 0.4) is 0 Å². The highest BCUT2D eigenvalue weighted by Gasteiger charge is 2.21. The van der Waals surface area contributed by atoms with Gasteiger partial charge in [0.15, 0.2) is 5.78 Å². The fourth-order valence-electron chi connectivity index (χ4n) is 11.5. The number of Topliss-reactive ketones (excluding diaryl/α,β-unsaturated/α-hetero) is 1. The molecule has 0 radical (unpaired) electrons. The summed E-state index contributed by atoms with van der Waals surface area (Å²) in [5, 5.41) is 27.3. The van der Waals surface area contributed by atoms with Gasteiger partial charge < -0.3 is 53.1 Å². The second-order valence-corrected chi connectivity index (χ2v) is 28.2. The number of unbranched alkanes of at least 4 members (excludes halogenated alkanes) is 4. The maximum absolute atomic E-state index is 11.8. The van der Waals surface area contributed by atoms with E-state index in [0.717, 1.165) is 181 Å². The molecule has 106 heavy (non-hydrogen) atoms. The number of rotatable bonds is 40. The van der Waals surface area contributed by atoms with Gasteiger partial charge in [-0.25, -0.2) is 0 Å². The van der Waals surface area contributed by atoms with Gasteiger partial charge in [0.25, 0.3) is 0 Å². The van der Waals surface area contributed by atoms with Gasteiger partial charge in [0.05, 0.1) is 74.2 Å². The van der Waals surface area contributed by atoms with Crippen LogP contribution in [0.2, 0.25) is 0 Å². The Morgan fingerprint density at radius 3 is 0.972 bits per heavy atom. The Balaban J connectivity index is 0.000000254. The topological polar surface area (TPSA) is 228 Å². The summed E-state index contributed by atoms with van der Waals surface area (Å²) in [4.78, 5) is 55.1. The van der Waals surface area contributed by atoms with E-state index in [-0.39, 0.29) is 61.8 Å². The second-order valence-electron chi connectivity index (χ2n) is 28.2. The molecule has 0 aliphatic heterocycles. The zero-order valence-electron chi connectivity index (χ0n) is 66.9. The van der Waals surface area contributed by atoms with E-state index >= 15 is 0 Å². The third kappa shape index (κ3) is 31.1. The van der Waals surface area contributed by atoms with Crippen LogP contribution in [-0.4, -0.2) is 181 Å². The molecule has 0 unspecified atom stereocenters. The van der Waals surface area contributed by atoms with Crippen LogP contribution in [0.15, 0.2) is 122 Å². The Morgan fingerprint density at radius 2 is 0.689 bits per heavy atom. The van der Waals surface area contributed by atoms with E-state index in [2.05, 4.69) is 95.9 Å². The maximum atomic E-state index is 11.8. The Kier molecular flexibility index (Phi) is 38.0. The number of carbonyl (C=O) groups is 4. The molecule has 4 heterocycles. The number of esters is 2. The first-order valence-electron chi connectivity index (χ1n) is 37.6. The van der Waals surface area contributed by atoms with Gasteiger partial charge in [-0.05, 0) is 239 Å². The van der Waals surface area contributed by atoms with Gasteiger partial charge in [0.1, 0.15) is 42.6 Å². The Morgan fingerprint density at radius 1 is 0.406 bits per heavy atom. The fourth-order valence-corrected chi connectivity index (χ4v) is 11.5. The molecule has 0 saturated heterocycles. The third-order valence-corrected chi connectivity index (χ3v) is 16.5. The first-order valence-corrected chi connectivity index (χ1v) is 37.6. The number of carbonyl (C=O) groups excluding carboxylic acids is 3. The highest BCUT2D eigenvalue weighted by atomic mass is 16.5. The maximum Gasteiger partial charge on any atom is 0.327 e.